The van der Waals surface area contributed by atoms with E-state index in [0.29, 0.717) is 0 Å². The average Bonchev–Trinajstić information content (AvgIpc) is 1.98. The summed E-state index contributed by atoms with van der Waals surface area (Å²) in [6, 6.07) is 0. The first-order chi connectivity index (χ1) is 7.00. The van der Waals surface area contributed by atoms with E-state index in [9.17, 15) is 47.9 Å². The Labute approximate surface area is 164 Å². The number of alkyl halides is 9. The van der Waals surface area contributed by atoms with Gasteiger partial charge in [0.15, 0.2) is 0 Å². The molecule has 0 aliphatic carbocycles. The maximum Gasteiger partial charge on any atom is 0.460 e. The molecule has 0 aliphatic rings. The minimum absolute atomic E-state index is 0. The Morgan fingerprint density at radius 2 is 1.00 bits per heavy atom. The summed E-state index contributed by atoms with van der Waals surface area (Å²) in [5.74, 6) is -14.7. The molecule has 0 aliphatic heterocycles. The Kier molecular flexibility index (Phi) is 9.52. The molecule has 0 saturated carbocycles. The summed E-state index contributed by atoms with van der Waals surface area (Å²) >= 11 is 0. The molecule has 0 saturated heterocycles. The molecule has 1 N–H and O–H groups in total. The minimum Gasteiger partial charge on any atom is -0.281 e. The third-order valence-corrected chi connectivity index (χ3v) is 2.34. The van der Waals surface area contributed by atoms with Crippen LogP contribution in [0.1, 0.15) is 0 Å². The van der Waals surface area contributed by atoms with E-state index in [2.05, 4.69) is 0 Å². The van der Waals surface area contributed by atoms with Crippen molar-refractivity contribution in [2.45, 2.75) is 23.3 Å². The summed E-state index contributed by atoms with van der Waals surface area (Å²) in [6.45, 7) is 0. The fraction of sp³-hybridized carbons (Fsp3) is 1.00. The molecule has 0 spiro atoms. The van der Waals surface area contributed by atoms with Crippen LogP contribution >= 0.6 is 0 Å². The van der Waals surface area contributed by atoms with Crippen molar-refractivity contribution in [3.63, 3.8) is 0 Å². The number of rotatable bonds is 3. The van der Waals surface area contributed by atoms with Gasteiger partial charge in [0.1, 0.15) is 0 Å². The Bertz CT molecular complexity index is 404. The van der Waals surface area contributed by atoms with Crippen LogP contribution in [0.2, 0.25) is 0 Å². The monoisotopic (exact) mass is 362 g/mol. The molecule has 0 fully saturated rings. The molecular weight excluding hydrogens is 361 g/mol. The van der Waals surface area contributed by atoms with Gasteiger partial charge in [-0.2, -0.15) is 47.9 Å². The predicted octanol–water partition coefficient (Wildman–Crippen LogP) is 1.54. The molecule has 0 rings (SSSR count). The normalized spacial score (nSPS) is 14.4. The summed E-state index contributed by atoms with van der Waals surface area (Å²) in [5.41, 5.74) is 0. The first-order valence-corrected chi connectivity index (χ1v) is 4.61. The SMILES string of the molecule is O=S(=O)(O)C(F)(F)C(F)(F)C(F)(F)C(F)(F)F.[K].[Na]. The number of hydrogen-bond donors (Lipinski definition) is 1. The van der Waals surface area contributed by atoms with E-state index in [1.807, 2.05) is 0 Å². The van der Waals surface area contributed by atoms with Crippen molar-refractivity contribution in [3.05, 3.63) is 0 Å². The van der Waals surface area contributed by atoms with Gasteiger partial charge in [-0.1, -0.05) is 0 Å². The molecule has 0 aromatic heterocycles. The maximum absolute atomic E-state index is 12.2. The number of halogens is 9. The van der Waals surface area contributed by atoms with Gasteiger partial charge in [-0.15, -0.1) is 0 Å². The van der Waals surface area contributed by atoms with Crippen LogP contribution < -0.4 is 0 Å². The number of hydrogen-bond acceptors (Lipinski definition) is 2. The third kappa shape index (κ3) is 4.45. The summed E-state index contributed by atoms with van der Waals surface area (Å²) in [4.78, 5) is 0. The second-order valence-electron chi connectivity index (χ2n) is 2.64. The molecule has 19 heavy (non-hydrogen) atoms. The van der Waals surface area contributed by atoms with Crippen molar-refractivity contribution in [3.8, 4) is 0 Å². The fourth-order valence-electron chi connectivity index (χ4n) is 0.523. The summed E-state index contributed by atoms with van der Waals surface area (Å²) in [6.07, 6.45) is -7.13. The third-order valence-electron chi connectivity index (χ3n) is 1.44. The Morgan fingerprint density at radius 1 is 0.737 bits per heavy atom. The topological polar surface area (TPSA) is 54.4 Å². The van der Waals surface area contributed by atoms with Crippen LogP contribution in [0.15, 0.2) is 0 Å². The molecular formula is C4HF9KNaO3S. The van der Waals surface area contributed by atoms with E-state index in [-0.39, 0.29) is 80.9 Å². The van der Waals surface area contributed by atoms with Gasteiger partial charge in [-0.3, -0.25) is 4.55 Å². The van der Waals surface area contributed by atoms with E-state index in [4.69, 9.17) is 4.55 Å². The molecule has 0 bridgehead atoms. The second-order valence-corrected chi connectivity index (χ2v) is 4.10. The average molecular weight is 362 g/mol. The van der Waals surface area contributed by atoms with Crippen molar-refractivity contribution >= 4 is 91.1 Å². The van der Waals surface area contributed by atoms with Crippen LogP contribution in [0.3, 0.4) is 0 Å². The van der Waals surface area contributed by atoms with Gasteiger partial charge in [0.05, 0.1) is 0 Å². The van der Waals surface area contributed by atoms with Crippen LogP contribution in [0.25, 0.3) is 0 Å². The van der Waals surface area contributed by atoms with Gasteiger partial charge >= 0.3 is 33.4 Å². The first kappa shape index (κ1) is 25.8. The largest absolute Gasteiger partial charge is 0.460 e. The van der Waals surface area contributed by atoms with Crippen molar-refractivity contribution in [1.29, 1.82) is 0 Å². The van der Waals surface area contributed by atoms with Crippen molar-refractivity contribution < 1.29 is 52.5 Å². The molecule has 0 heterocycles. The van der Waals surface area contributed by atoms with Crippen LogP contribution in [0.5, 0.6) is 0 Å². The van der Waals surface area contributed by atoms with Gasteiger partial charge in [-0.05, 0) is 0 Å². The van der Waals surface area contributed by atoms with E-state index < -0.39 is 33.4 Å². The summed E-state index contributed by atoms with van der Waals surface area (Å²) < 4.78 is 134. The molecule has 106 valence electrons. The van der Waals surface area contributed by atoms with Gasteiger partial charge in [0, 0.05) is 80.9 Å². The van der Waals surface area contributed by atoms with Crippen LogP contribution in [0, 0.1) is 0 Å². The zero-order valence-electron chi connectivity index (χ0n) is 9.07. The Morgan fingerprint density at radius 3 is 1.16 bits per heavy atom. The Hall–Kier alpha value is 1.92. The van der Waals surface area contributed by atoms with Gasteiger partial charge < -0.3 is 0 Å². The molecule has 0 aromatic rings. The van der Waals surface area contributed by atoms with Crippen LogP contribution in [0.4, 0.5) is 39.5 Å². The predicted molar refractivity (Wildman–Crippen MR) is 44.0 cm³/mol. The van der Waals surface area contributed by atoms with E-state index in [0.717, 1.165) is 0 Å². The zero-order chi connectivity index (χ0) is 14.5. The van der Waals surface area contributed by atoms with Gasteiger partial charge in [-0.25, -0.2) is 0 Å². The molecule has 2 radical (unpaired) electrons. The van der Waals surface area contributed by atoms with Crippen molar-refractivity contribution in [1.82, 2.24) is 0 Å². The van der Waals surface area contributed by atoms with Crippen molar-refractivity contribution in [2.24, 2.45) is 0 Å². The van der Waals surface area contributed by atoms with Gasteiger partial charge in [0.2, 0.25) is 0 Å². The standard InChI is InChI=1S/C4HF9O3S.K.Na/c5-1(6,3(9,10)11)2(7,8)4(12,13)17(14,15)16;;/h(H,14,15,16);;. The molecule has 15 heteroatoms. The quantitative estimate of drug-likeness (QED) is 0.471. The van der Waals surface area contributed by atoms with E-state index in [1.165, 1.54) is 0 Å². The zero-order valence-corrected chi connectivity index (χ0v) is 15.0. The minimum atomic E-state index is -7.37. The molecule has 3 nitrogen and oxygen atoms in total. The molecule has 0 atom stereocenters. The van der Waals surface area contributed by atoms with Crippen LogP contribution in [-0.2, 0) is 10.1 Å². The smallest absolute Gasteiger partial charge is 0.281 e. The molecule has 0 aromatic carbocycles. The first-order valence-electron chi connectivity index (χ1n) is 3.17. The fourth-order valence-corrected chi connectivity index (χ4v) is 0.975. The van der Waals surface area contributed by atoms with E-state index in [1.54, 1.807) is 0 Å². The van der Waals surface area contributed by atoms with E-state index >= 15 is 0 Å². The maximum atomic E-state index is 12.2. The second kappa shape index (κ2) is 7.00. The molecule has 0 unspecified atom stereocenters. The van der Waals surface area contributed by atoms with Gasteiger partial charge in [0.25, 0.3) is 0 Å². The molecule has 0 amide bonds. The summed E-state index contributed by atoms with van der Waals surface area (Å²) in [5, 5.41) is -7.00. The Balaban J connectivity index is -0.00000128. The van der Waals surface area contributed by atoms with Crippen molar-refractivity contribution in [2.75, 3.05) is 0 Å². The summed E-state index contributed by atoms with van der Waals surface area (Å²) in [7, 11) is -7.17. The van der Waals surface area contributed by atoms with Crippen LogP contribution in [-0.4, -0.2) is 117 Å².